The van der Waals surface area contributed by atoms with Gasteiger partial charge in [-0.2, -0.15) is 0 Å². The Labute approximate surface area is 193 Å². The van der Waals surface area contributed by atoms with E-state index in [0.29, 0.717) is 11.0 Å². The van der Waals surface area contributed by atoms with Gasteiger partial charge >= 0.3 is 0 Å². The molecule has 2 aromatic heterocycles. The van der Waals surface area contributed by atoms with Crippen LogP contribution in [0.5, 0.6) is 0 Å². The predicted octanol–water partition coefficient (Wildman–Crippen LogP) is 3.18. The quantitative estimate of drug-likeness (QED) is 0.375. The number of aromatic nitrogens is 2. The molecule has 0 radical (unpaired) electrons. The molecule has 4 aromatic rings. The average molecular weight is 482 g/mol. The molecule has 0 saturated carbocycles. The Balaban J connectivity index is 1.49. The minimum atomic E-state index is -3.84. The van der Waals surface area contributed by atoms with E-state index in [2.05, 4.69) is 25.5 Å². The van der Waals surface area contributed by atoms with Crippen molar-refractivity contribution >= 4 is 49.9 Å². The first-order chi connectivity index (χ1) is 15.7. The van der Waals surface area contributed by atoms with Crippen LogP contribution in [0.25, 0.3) is 11.0 Å². The van der Waals surface area contributed by atoms with Gasteiger partial charge in [-0.05, 0) is 55.6 Å². The van der Waals surface area contributed by atoms with Gasteiger partial charge in [-0.1, -0.05) is 18.2 Å². The number of aryl methyl sites for hydroxylation is 2. The number of hydrazine groups is 1. The molecule has 0 fully saturated rings. The molecule has 9 nitrogen and oxygen atoms in total. The van der Waals surface area contributed by atoms with E-state index in [1.165, 1.54) is 18.2 Å². The van der Waals surface area contributed by atoms with Crippen molar-refractivity contribution < 1.29 is 18.0 Å². The van der Waals surface area contributed by atoms with E-state index in [1.807, 2.05) is 13.8 Å². The number of benzene rings is 2. The standard InChI is InChI=1S/C22H19N5O4S2/c1-13-14(2)24-19-12-15(9-10-18(19)23-13)21(28)25-26-22(29)16-6-3-4-7-17(16)27-33(30,31)20-8-5-11-32-20/h3-12,27H,1-2H3,(H,25,28)(H,26,29). The summed E-state index contributed by atoms with van der Waals surface area (Å²) in [6.07, 6.45) is 0. The van der Waals surface area contributed by atoms with Crippen LogP contribution in [0.4, 0.5) is 5.69 Å². The van der Waals surface area contributed by atoms with Crippen LogP contribution in [-0.2, 0) is 10.0 Å². The van der Waals surface area contributed by atoms with Gasteiger partial charge in [0.05, 0.1) is 33.7 Å². The minimum absolute atomic E-state index is 0.0495. The zero-order valence-electron chi connectivity index (χ0n) is 17.6. The molecule has 0 aliphatic carbocycles. The van der Waals surface area contributed by atoms with Gasteiger partial charge in [0.2, 0.25) is 0 Å². The lowest BCUT2D eigenvalue weighted by molar-refractivity contribution is 0.0847. The van der Waals surface area contributed by atoms with Crippen LogP contribution in [0, 0.1) is 13.8 Å². The molecule has 0 aliphatic rings. The molecule has 0 saturated heterocycles. The van der Waals surface area contributed by atoms with Crippen LogP contribution in [0.1, 0.15) is 32.1 Å². The van der Waals surface area contributed by atoms with Gasteiger partial charge in [0.15, 0.2) is 0 Å². The maximum absolute atomic E-state index is 12.7. The lowest BCUT2D eigenvalue weighted by atomic mass is 10.1. The van der Waals surface area contributed by atoms with Gasteiger partial charge < -0.3 is 0 Å². The topological polar surface area (TPSA) is 130 Å². The average Bonchev–Trinajstić information content (AvgIpc) is 3.34. The highest BCUT2D eigenvalue weighted by molar-refractivity contribution is 7.94. The molecule has 11 heteroatoms. The number of hydrogen-bond donors (Lipinski definition) is 3. The summed E-state index contributed by atoms with van der Waals surface area (Å²) in [5, 5.41) is 1.64. The lowest BCUT2D eigenvalue weighted by Gasteiger charge is -2.13. The number of nitrogens with one attached hydrogen (secondary N) is 3. The summed E-state index contributed by atoms with van der Waals surface area (Å²) in [7, 11) is -3.84. The van der Waals surface area contributed by atoms with Crippen molar-refractivity contribution in [2.75, 3.05) is 4.72 Å². The molecular weight excluding hydrogens is 462 g/mol. The highest BCUT2D eigenvalue weighted by atomic mass is 32.2. The van der Waals surface area contributed by atoms with Gasteiger partial charge in [-0.25, -0.2) is 18.4 Å². The van der Waals surface area contributed by atoms with Gasteiger partial charge in [0.1, 0.15) is 4.21 Å². The fraction of sp³-hybridized carbons (Fsp3) is 0.0909. The Hall–Kier alpha value is -3.83. The van der Waals surface area contributed by atoms with E-state index in [-0.39, 0.29) is 21.0 Å². The lowest BCUT2D eigenvalue weighted by Crippen LogP contribution is -2.41. The number of thiophene rings is 1. The molecule has 2 heterocycles. The van der Waals surface area contributed by atoms with Crippen LogP contribution in [0.2, 0.25) is 0 Å². The van der Waals surface area contributed by atoms with Crippen LogP contribution < -0.4 is 15.6 Å². The normalized spacial score (nSPS) is 11.2. The van der Waals surface area contributed by atoms with Crippen molar-refractivity contribution in [3.8, 4) is 0 Å². The molecule has 2 aromatic carbocycles. The molecule has 33 heavy (non-hydrogen) atoms. The number of fused-ring (bicyclic) bond motifs is 1. The Kier molecular flexibility index (Phi) is 6.07. The summed E-state index contributed by atoms with van der Waals surface area (Å²) in [6, 6.07) is 14.0. The second-order valence-corrected chi connectivity index (χ2v) is 9.95. The third kappa shape index (κ3) is 4.83. The SMILES string of the molecule is Cc1nc2ccc(C(=O)NNC(=O)c3ccccc3NS(=O)(=O)c3cccs3)cc2nc1C. The Morgan fingerprint density at radius 1 is 0.848 bits per heavy atom. The van der Waals surface area contributed by atoms with Gasteiger partial charge in [-0.15, -0.1) is 11.3 Å². The van der Waals surface area contributed by atoms with E-state index in [1.54, 1.807) is 41.8 Å². The van der Waals surface area contributed by atoms with Gasteiger partial charge in [0, 0.05) is 5.56 Å². The highest BCUT2D eigenvalue weighted by Gasteiger charge is 2.20. The fourth-order valence-corrected chi connectivity index (χ4v) is 5.08. The second-order valence-electron chi connectivity index (χ2n) is 7.09. The number of carbonyl (C=O) groups excluding carboxylic acids is 2. The third-order valence-corrected chi connectivity index (χ3v) is 7.57. The molecule has 0 aliphatic heterocycles. The van der Waals surface area contributed by atoms with Crippen molar-refractivity contribution in [3.63, 3.8) is 0 Å². The summed E-state index contributed by atoms with van der Waals surface area (Å²) < 4.78 is 27.6. The van der Waals surface area contributed by atoms with Crippen LogP contribution in [-0.4, -0.2) is 30.2 Å². The second kappa shape index (κ2) is 8.96. The monoisotopic (exact) mass is 481 g/mol. The maximum Gasteiger partial charge on any atom is 0.271 e. The Morgan fingerprint density at radius 3 is 2.27 bits per heavy atom. The Morgan fingerprint density at radius 2 is 1.55 bits per heavy atom. The van der Waals surface area contributed by atoms with Gasteiger partial charge in [-0.3, -0.25) is 25.2 Å². The van der Waals surface area contributed by atoms with E-state index >= 15 is 0 Å². The molecule has 4 rings (SSSR count). The molecule has 0 unspecified atom stereocenters. The maximum atomic E-state index is 12.7. The van der Waals surface area contributed by atoms with Crippen LogP contribution in [0.3, 0.4) is 0 Å². The number of anilines is 1. The number of nitrogens with zero attached hydrogens (tertiary/aromatic N) is 2. The molecular formula is C22H19N5O4S2. The number of hydrogen-bond acceptors (Lipinski definition) is 7. The smallest absolute Gasteiger partial charge is 0.271 e. The largest absolute Gasteiger partial charge is 0.278 e. The first kappa shape index (κ1) is 22.4. The van der Waals surface area contributed by atoms with E-state index in [9.17, 15) is 18.0 Å². The number of carbonyl (C=O) groups is 2. The summed E-state index contributed by atoms with van der Waals surface area (Å²) in [4.78, 5) is 34.1. The Bertz CT molecular complexity index is 1470. The summed E-state index contributed by atoms with van der Waals surface area (Å²) in [6.45, 7) is 3.69. The fourth-order valence-electron chi connectivity index (χ4n) is 3.01. The summed E-state index contributed by atoms with van der Waals surface area (Å²) in [5.41, 5.74) is 7.87. The molecule has 168 valence electrons. The van der Waals surface area contributed by atoms with Crippen molar-refractivity contribution in [1.82, 2.24) is 20.8 Å². The molecule has 3 N–H and O–H groups in total. The van der Waals surface area contributed by atoms with E-state index < -0.39 is 21.8 Å². The first-order valence-corrected chi connectivity index (χ1v) is 12.1. The molecule has 2 amide bonds. The molecule has 0 atom stereocenters. The molecule has 0 bridgehead atoms. The van der Waals surface area contributed by atoms with Crippen molar-refractivity contribution in [2.24, 2.45) is 0 Å². The predicted molar refractivity (Wildman–Crippen MR) is 126 cm³/mol. The number of sulfonamides is 1. The zero-order chi connectivity index (χ0) is 23.6. The third-order valence-electron chi connectivity index (χ3n) is 4.80. The van der Waals surface area contributed by atoms with E-state index in [4.69, 9.17) is 0 Å². The number of para-hydroxylation sites is 1. The highest BCUT2D eigenvalue weighted by Crippen LogP contribution is 2.23. The minimum Gasteiger partial charge on any atom is -0.278 e. The summed E-state index contributed by atoms with van der Waals surface area (Å²) >= 11 is 1.06. The van der Waals surface area contributed by atoms with Crippen molar-refractivity contribution in [3.05, 3.63) is 82.5 Å². The van der Waals surface area contributed by atoms with Crippen LogP contribution >= 0.6 is 11.3 Å². The molecule has 0 spiro atoms. The van der Waals surface area contributed by atoms with E-state index in [0.717, 1.165) is 22.7 Å². The van der Waals surface area contributed by atoms with Gasteiger partial charge in [0.25, 0.3) is 21.8 Å². The number of amides is 2. The van der Waals surface area contributed by atoms with Crippen molar-refractivity contribution in [2.45, 2.75) is 18.1 Å². The first-order valence-electron chi connectivity index (χ1n) is 9.75. The number of rotatable bonds is 5. The zero-order valence-corrected chi connectivity index (χ0v) is 19.3. The van der Waals surface area contributed by atoms with Crippen molar-refractivity contribution in [1.29, 1.82) is 0 Å². The van der Waals surface area contributed by atoms with Crippen LogP contribution in [0.15, 0.2) is 64.2 Å². The summed E-state index contributed by atoms with van der Waals surface area (Å²) in [5.74, 6) is -1.23.